The molecule has 0 unspecified atom stereocenters. The highest BCUT2D eigenvalue weighted by molar-refractivity contribution is 5.95. The number of piperazine rings is 1. The average Bonchev–Trinajstić information content (AvgIpc) is 3.22. The van der Waals surface area contributed by atoms with Gasteiger partial charge in [-0.3, -0.25) is 14.8 Å². The van der Waals surface area contributed by atoms with Crippen LogP contribution in [0.2, 0.25) is 0 Å². The molecule has 0 spiro atoms. The third-order valence-electron chi connectivity index (χ3n) is 5.32. The van der Waals surface area contributed by atoms with Crippen LogP contribution in [0.15, 0.2) is 48.5 Å². The number of amides is 1. The predicted molar refractivity (Wildman–Crippen MR) is 116 cm³/mol. The SMILES string of the molecule is COc1cc(C(=O)N2CCN(Cc3n[nH]c(C)n3)CC2)ccc1OCc1ccccc1. The molecule has 0 saturated carbocycles. The first-order valence-corrected chi connectivity index (χ1v) is 10.4. The minimum absolute atomic E-state index is 0.00120. The first-order valence-electron chi connectivity index (χ1n) is 10.4. The molecule has 1 saturated heterocycles. The summed E-state index contributed by atoms with van der Waals surface area (Å²) in [6, 6.07) is 15.3. The molecule has 1 N–H and O–H groups in total. The highest BCUT2D eigenvalue weighted by atomic mass is 16.5. The Bertz CT molecular complexity index is 1010. The summed E-state index contributed by atoms with van der Waals surface area (Å²) in [6.45, 7) is 5.92. The predicted octanol–water partition coefficient (Wildman–Crippen LogP) is 2.66. The first kappa shape index (κ1) is 20.9. The lowest BCUT2D eigenvalue weighted by molar-refractivity contribution is 0.0625. The summed E-state index contributed by atoms with van der Waals surface area (Å²) in [5.41, 5.74) is 1.67. The number of benzene rings is 2. The van der Waals surface area contributed by atoms with Gasteiger partial charge in [-0.1, -0.05) is 30.3 Å². The number of ether oxygens (including phenoxy) is 2. The van der Waals surface area contributed by atoms with Crippen molar-refractivity contribution in [1.29, 1.82) is 0 Å². The van der Waals surface area contributed by atoms with Crippen molar-refractivity contribution in [2.75, 3.05) is 33.3 Å². The maximum absolute atomic E-state index is 13.0. The van der Waals surface area contributed by atoms with Crippen LogP contribution in [0.5, 0.6) is 11.5 Å². The van der Waals surface area contributed by atoms with Crippen LogP contribution in [0.3, 0.4) is 0 Å². The summed E-state index contributed by atoms with van der Waals surface area (Å²) in [7, 11) is 1.59. The van der Waals surface area contributed by atoms with Gasteiger partial charge in [-0.15, -0.1) is 0 Å². The molecule has 2 aromatic carbocycles. The molecule has 0 radical (unpaired) electrons. The summed E-state index contributed by atoms with van der Waals surface area (Å²) in [6.07, 6.45) is 0. The van der Waals surface area contributed by atoms with E-state index in [2.05, 4.69) is 20.1 Å². The second kappa shape index (κ2) is 9.61. The third kappa shape index (κ3) is 5.21. The quantitative estimate of drug-likeness (QED) is 0.632. The Morgan fingerprint density at radius 3 is 2.52 bits per heavy atom. The van der Waals surface area contributed by atoms with Crippen molar-refractivity contribution in [3.8, 4) is 11.5 Å². The van der Waals surface area contributed by atoms with E-state index in [1.54, 1.807) is 25.3 Å². The Morgan fingerprint density at radius 2 is 1.84 bits per heavy atom. The summed E-state index contributed by atoms with van der Waals surface area (Å²) < 4.78 is 11.4. The Hall–Kier alpha value is -3.39. The van der Waals surface area contributed by atoms with Gasteiger partial charge in [0.05, 0.1) is 13.7 Å². The van der Waals surface area contributed by atoms with Gasteiger partial charge in [0.2, 0.25) is 0 Å². The van der Waals surface area contributed by atoms with Gasteiger partial charge in [0.1, 0.15) is 12.4 Å². The average molecular weight is 422 g/mol. The molecule has 4 rings (SSSR count). The lowest BCUT2D eigenvalue weighted by Crippen LogP contribution is -2.48. The first-order chi connectivity index (χ1) is 15.1. The van der Waals surface area contributed by atoms with E-state index >= 15 is 0 Å². The van der Waals surface area contributed by atoms with E-state index < -0.39 is 0 Å². The van der Waals surface area contributed by atoms with Crippen molar-refractivity contribution in [2.24, 2.45) is 0 Å². The lowest BCUT2D eigenvalue weighted by Gasteiger charge is -2.34. The molecule has 8 heteroatoms. The van der Waals surface area contributed by atoms with Crippen LogP contribution in [-0.2, 0) is 13.2 Å². The molecule has 1 fully saturated rings. The Kier molecular flexibility index (Phi) is 6.47. The van der Waals surface area contributed by atoms with E-state index in [0.717, 1.165) is 30.3 Å². The van der Waals surface area contributed by atoms with Crippen molar-refractivity contribution in [2.45, 2.75) is 20.1 Å². The highest BCUT2D eigenvalue weighted by Crippen LogP contribution is 2.29. The van der Waals surface area contributed by atoms with Crippen molar-refractivity contribution in [3.05, 3.63) is 71.3 Å². The fraction of sp³-hybridized carbons (Fsp3) is 0.348. The van der Waals surface area contributed by atoms with E-state index in [9.17, 15) is 4.79 Å². The number of nitrogens with zero attached hydrogens (tertiary/aromatic N) is 4. The van der Waals surface area contributed by atoms with Crippen LogP contribution >= 0.6 is 0 Å². The zero-order valence-corrected chi connectivity index (χ0v) is 17.9. The van der Waals surface area contributed by atoms with E-state index in [-0.39, 0.29) is 5.91 Å². The zero-order chi connectivity index (χ0) is 21.6. The van der Waals surface area contributed by atoms with Gasteiger partial charge in [0, 0.05) is 31.7 Å². The highest BCUT2D eigenvalue weighted by Gasteiger charge is 2.23. The topological polar surface area (TPSA) is 83.6 Å². The second-order valence-corrected chi connectivity index (χ2v) is 7.55. The number of nitrogens with one attached hydrogen (secondary N) is 1. The van der Waals surface area contributed by atoms with Crippen molar-refractivity contribution in [1.82, 2.24) is 25.0 Å². The Balaban J connectivity index is 1.35. The van der Waals surface area contributed by atoms with E-state index in [1.807, 2.05) is 42.2 Å². The van der Waals surface area contributed by atoms with E-state index in [1.165, 1.54) is 0 Å². The minimum Gasteiger partial charge on any atom is -0.493 e. The summed E-state index contributed by atoms with van der Waals surface area (Å²) in [5.74, 6) is 2.78. The molecule has 162 valence electrons. The largest absolute Gasteiger partial charge is 0.493 e. The maximum Gasteiger partial charge on any atom is 0.254 e. The van der Waals surface area contributed by atoms with Gasteiger partial charge in [0.15, 0.2) is 17.3 Å². The number of carbonyl (C=O) groups is 1. The molecule has 31 heavy (non-hydrogen) atoms. The van der Waals surface area contributed by atoms with E-state index in [4.69, 9.17) is 9.47 Å². The van der Waals surface area contributed by atoms with E-state index in [0.29, 0.717) is 43.3 Å². The van der Waals surface area contributed by atoms with Crippen molar-refractivity contribution >= 4 is 5.91 Å². The van der Waals surface area contributed by atoms with Gasteiger partial charge in [0.25, 0.3) is 5.91 Å². The number of hydrogen-bond donors (Lipinski definition) is 1. The number of rotatable bonds is 7. The fourth-order valence-electron chi connectivity index (χ4n) is 3.61. The molecule has 2 heterocycles. The second-order valence-electron chi connectivity index (χ2n) is 7.55. The van der Waals surface area contributed by atoms with Gasteiger partial charge in [-0.2, -0.15) is 5.10 Å². The number of aryl methyl sites for hydroxylation is 1. The molecular formula is C23H27N5O3. The standard InChI is InChI=1S/C23H27N5O3/c1-17-24-22(26-25-17)15-27-10-12-28(13-11-27)23(29)19-8-9-20(21(14-19)30-2)31-16-18-6-4-3-5-7-18/h3-9,14H,10-13,15-16H2,1-2H3,(H,24,25,26). The molecule has 3 aromatic rings. The summed E-state index contributed by atoms with van der Waals surface area (Å²) in [5, 5.41) is 7.06. The number of H-pyrrole nitrogens is 1. The zero-order valence-electron chi connectivity index (χ0n) is 17.9. The minimum atomic E-state index is 0.00120. The molecule has 8 nitrogen and oxygen atoms in total. The Labute approximate surface area is 181 Å². The molecule has 1 aromatic heterocycles. The molecular weight excluding hydrogens is 394 g/mol. The summed E-state index contributed by atoms with van der Waals surface area (Å²) in [4.78, 5) is 21.5. The van der Waals surface area contributed by atoms with Crippen molar-refractivity contribution in [3.63, 3.8) is 0 Å². The van der Waals surface area contributed by atoms with Crippen LogP contribution in [0.4, 0.5) is 0 Å². The summed E-state index contributed by atoms with van der Waals surface area (Å²) >= 11 is 0. The van der Waals surface area contributed by atoms with Crippen LogP contribution in [0, 0.1) is 6.92 Å². The third-order valence-corrected chi connectivity index (χ3v) is 5.32. The molecule has 0 bridgehead atoms. The van der Waals surface area contributed by atoms with Crippen LogP contribution in [0.1, 0.15) is 27.6 Å². The van der Waals surface area contributed by atoms with Crippen LogP contribution in [-0.4, -0.2) is 64.2 Å². The van der Waals surface area contributed by atoms with Crippen molar-refractivity contribution < 1.29 is 14.3 Å². The molecule has 0 aliphatic carbocycles. The molecule has 1 aliphatic rings. The van der Waals surface area contributed by atoms with Crippen LogP contribution in [0.25, 0.3) is 0 Å². The number of aromatic nitrogens is 3. The van der Waals surface area contributed by atoms with Gasteiger partial charge < -0.3 is 14.4 Å². The monoisotopic (exact) mass is 421 g/mol. The van der Waals surface area contributed by atoms with Gasteiger partial charge in [-0.05, 0) is 30.7 Å². The number of hydrogen-bond acceptors (Lipinski definition) is 6. The maximum atomic E-state index is 13.0. The van der Waals surface area contributed by atoms with Gasteiger partial charge in [-0.25, -0.2) is 4.98 Å². The number of methoxy groups -OCH3 is 1. The smallest absolute Gasteiger partial charge is 0.254 e. The number of carbonyl (C=O) groups excluding carboxylic acids is 1. The lowest BCUT2D eigenvalue weighted by atomic mass is 10.1. The van der Waals surface area contributed by atoms with Crippen LogP contribution < -0.4 is 9.47 Å². The molecule has 1 aliphatic heterocycles. The number of aromatic amines is 1. The fourth-order valence-corrected chi connectivity index (χ4v) is 3.61. The van der Waals surface area contributed by atoms with Gasteiger partial charge >= 0.3 is 0 Å². The Morgan fingerprint density at radius 1 is 1.06 bits per heavy atom. The molecule has 0 atom stereocenters. The molecule has 1 amide bonds. The normalized spacial score (nSPS) is 14.5.